The highest BCUT2D eigenvalue weighted by Gasteiger charge is 2.09. The minimum Gasteiger partial charge on any atom is -0.259 e. The van der Waals surface area contributed by atoms with E-state index in [0.717, 1.165) is 0 Å². The van der Waals surface area contributed by atoms with E-state index in [1.807, 2.05) is 19.1 Å². The van der Waals surface area contributed by atoms with Crippen molar-refractivity contribution in [2.75, 3.05) is 0 Å². The number of allylic oxidation sites excluding steroid dienone is 7. The third-order valence-electron chi connectivity index (χ3n) is 1.69. The average Bonchev–Trinajstić information content (AvgIpc) is 2.10. The van der Waals surface area contributed by atoms with Crippen LogP contribution in [0.1, 0.15) is 20.8 Å². The lowest BCUT2D eigenvalue weighted by atomic mass is 10.1. The Balaban J connectivity index is 5.05. The van der Waals surface area contributed by atoms with Gasteiger partial charge in [0.15, 0.2) is 0 Å². The van der Waals surface area contributed by atoms with Gasteiger partial charge in [-0.3, -0.25) is 10.1 Å². The van der Waals surface area contributed by atoms with Gasteiger partial charge in [0.25, 0.3) is 5.70 Å². The molecule has 0 aromatic carbocycles. The molecule has 0 bridgehead atoms. The normalized spacial score (nSPS) is 13.4. The summed E-state index contributed by atoms with van der Waals surface area (Å²) in [5.41, 5.74) is 1.39. The summed E-state index contributed by atoms with van der Waals surface area (Å²) in [6.45, 7) is 8.81. The van der Waals surface area contributed by atoms with E-state index in [9.17, 15) is 10.1 Å². The highest BCUT2D eigenvalue weighted by Crippen LogP contribution is 2.14. The predicted octanol–water partition coefficient (Wildman–Crippen LogP) is 3.25. The molecule has 0 aromatic heterocycles. The molecule has 0 atom stereocenters. The summed E-state index contributed by atoms with van der Waals surface area (Å²) in [4.78, 5) is 10.1. The quantitative estimate of drug-likeness (QED) is 0.391. The maximum Gasteiger partial charge on any atom is 0.250 e. The van der Waals surface area contributed by atoms with E-state index >= 15 is 0 Å². The Morgan fingerprint density at radius 1 is 1.36 bits per heavy atom. The van der Waals surface area contributed by atoms with Crippen molar-refractivity contribution in [3.8, 4) is 0 Å². The Bertz CT molecular complexity index is 322. The topological polar surface area (TPSA) is 43.1 Å². The van der Waals surface area contributed by atoms with E-state index in [4.69, 9.17) is 0 Å². The van der Waals surface area contributed by atoms with Gasteiger partial charge in [-0.1, -0.05) is 24.8 Å². The van der Waals surface area contributed by atoms with Crippen LogP contribution in [-0.2, 0) is 0 Å². The van der Waals surface area contributed by atoms with Crippen LogP contribution < -0.4 is 0 Å². The summed E-state index contributed by atoms with van der Waals surface area (Å²) in [5, 5.41) is 10.5. The van der Waals surface area contributed by atoms with Crippen LogP contribution in [0.3, 0.4) is 0 Å². The molecule has 0 saturated heterocycles. The van der Waals surface area contributed by atoms with Crippen LogP contribution >= 0.6 is 0 Å². The number of nitro groups is 1. The highest BCUT2D eigenvalue weighted by molar-refractivity contribution is 5.39. The summed E-state index contributed by atoms with van der Waals surface area (Å²) < 4.78 is 0. The Hall–Kier alpha value is -1.64. The van der Waals surface area contributed by atoms with E-state index in [1.54, 1.807) is 19.1 Å². The molecule has 14 heavy (non-hydrogen) atoms. The number of rotatable bonds is 4. The zero-order valence-corrected chi connectivity index (χ0v) is 8.78. The molecule has 0 unspecified atom stereocenters. The lowest BCUT2D eigenvalue weighted by molar-refractivity contribution is -0.425. The monoisotopic (exact) mass is 193 g/mol. The van der Waals surface area contributed by atoms with Gasteiger partial charge >= 0.3 is 0 Å². The Morgan fingerprint density at radius 3 is 2.29 bits per heavy atom. The first kappa shape index (κ1) is 12.4. The van der Waals surface area contributed by atoms with E-state index in [2.05, 4.69) is 6.58 Å². The van der Waals surface area contributed by atoms with E-state index in [-0.39, 0.29) is 5.70 Å². The lowest BCUT2D eigenvalue weighted by Crippen LogP contribution is -1.98. The van der Waals surface area contributed by atoms with E-state index < -0.39 is 4.92 Å². The van der Waals surface area contributed by atoms with Crippen LogP contribution in [0, 0.1) is 10.1 Å². The van der Waals surface area contributed by atoms with Gasteiger partial charge in [-0.2, -0.15) is 0 Å². The molecular formula is C11H15NO2. The van der Waals surface area contributed by atoms with Crippen LogP contribution in [0.2, 0.25) is 0 Å². The highest BCUT2D eigenvalue weighted by atomic mass is 16.6. The molecule has 76 valence electrons. The zero-order valence-electron chi connectivity index (χ0n) is 8.78. The van der Waals surface area contributed by atoms with Gasteiger partial charge in [-0.05, 0) is 25.5 Å². The summed E-state index contributed by atoms with van der Waals surface area (Å²) >= 11 is 0. The van der Waals surface area contributed by atoms with Gasteiger partial charge in [0.05, 0.1) is 4.92 Å². The lowest BCUT2D eigenvalue weighted by Gasteiger charge is -1.99. The van der Waals surface area contributed by atoms with Crippen molar-refractivity contribution in [2.45, 2.75) is 20.8 Å². The third-order valence-corrected chi connectivity index (χ3v) is 1.69. The molecule has 0 aliphatic rings. The molecule has 0 aromatic rings. The summed E-state index contributed by atoms with van der Waals surface area (Å²) in [7, 11) is 0. The van der Waals surface area contributed by atoms with Gasteiger partial charge < -0.3 is 0 Å². The predicted molar refractivity (Wildman–Crippen MR) is 58.5 cm³/mol. The first-order chi connectivity index (χ1) is 6.50. The van der Waals surface area contributed by atoms with Crippen LogP contribution in [0.5, 0.6) is 0 Å². The molecule has 0 fully saturated rings. The van der Waals surface area contributed by atoms with Gasteiger partial charge in [0.1, 0.15) is 0 Å². The largest absolute Gasteiger partial charge is 0.259 e. The molecule has 0 rings (SSSR count). The third kappa shape index (κ3) is 3.85. The molecule has 3 nitrogen and oxygen atoms in total. The van der Waals surface area contributed by atoms with E-state index in [0.29, 0.717) is 11.1 Å². The molecule has 3 heteroatoms. The molecule has 0 aliphatic heterocycles. The Kier molecular flexibility index (Phi) is 5.22. The van der Waals surface area contributed by atoms with Crippen LogP contribution in [0.4, 0.5) is 0 Å². The summed E-state index contributed by atoms with van der Waals surface area (Å²) in [5.74, 6) is 0. The average molecular weight is 193 g/mol. The smallest absolute Gasteiger partial charge is 0.250 e. The van der Waals surface area contributed by atoms with Crippen molar-refractivity contribution in [1.29, 1.82) is 0 Å². The molecular weight excluding hydrogens is 178 g/mol. The van der Waals surface area contributed by atoms with Crippen molar-refractivity contribution >= 4 is 0 Å². The Morgan fingerprint density at radius 2 is 1.93 bits per heavy atom. The molecule has 0 N–H and O–H groups in total. The van der Waals surface area contributed by atoms with Crippen LogP contribution in [0.15, 0.2) is 47.7 Å². The summed E-state index contributed by atoms with van der Waals surface area (Å²) in [6.07, 6.45) is 7.13. The molecule has 0 radical (unpaired) electrons. The molecule has 0 heterocycles. The van der Waals surface area contributed by atoms with Crippen LogP contribution in [-0.4, -0.2) is 4.92 Å². The fourth-order valence-corrected chi connectivity index (χ4v) is 0.933. The fraction of sp³-hybridized carbons (Fsp3) is 0.273. The first-order valence-corrected chi connectivity index (χ1v) is 4.31. The second-order valence-corrected chi connectivity index (χ2v) is 2.92. The zero-order chi connectivity index (χ0) is 11.1. The van der Waals surface area contributed by atoms with Crippen molar-refractivity contribution in [3.63, 3.8) is 0 Å². The second kappa shape index (κ2) is 5.91. The van der Waals surface area contributed by atoms with Crippen molar-refractivity contribution in [3.05, 3.63) is 57.8 Å². The standard InChI is InChI=1S/C11H15NO2/c1-5-6-7-8-11(9(2)3)10(4)12(13)14/h5-8H,2H2,1,3-4H3/b6-5-,8-7-,11-10-. The van der Waals surface area contributed by atoms with Gasteiger partial charge in [0.2, 0.25) is 0 Å². The SMILES string of the molecule is C=C(C)C(/C=C\C=C/C)=C(/C)[N+](=O)[O-]. The van der Waals surface area contributed by atoms with Crippen molar-refractivity contribution in [2.24, 2.45) is 0 Å². The minimum atomic E-state index is -0.399. The fourth-order valence-electron chi connectivity index (χ4n) is 0.933. The van der Waals surface area contributed by atoms with Gasteiger partial charge in [-0.15, -0.1) is 0 Å². The van der Waals surface area contributed by atoms with E-state index in [1.165, 1.54) is 6.92 Å². The van der Waals surface area contributed by atoms with Crippen molar-refractivity contribution in [1.82, 2.24) is 0 Å². The number of hydrogen-bond acceptors (Lipinski definition) is 2. The Labute approximate surface area is 84.3 Å². The van der Waals surface area contributed by atoms with Gasteiger partial charge in [-0.25, -0.2) is 0 Å². The first-order valence-electron chi connectivity index (χ1n) is 4.31. The summed E-state index contributed by atoms with van der Waals surface area (Å²) in [6, 6.07) is 0. The maximum atomic E-state index is 10.5. The van der Waals surface area contributed by atoms with Crippen molar-refractivity contribution < 1.29 is 4.92 Å². The maximum absolute atomic E-state index is 10.5. The number of nitrogens with zero attached hydrogens (tertiary/aromatic N) is 1. The molecule has 0 aliphatic carbocycles. The molecule has 0 saturated carbocycles. The minimum absolute atomic E-state index is 0.123. The number of hydrogen-bond donors (Lipinski definition) is 0. The van der Waals surface area contributed by atoms with Gasteiger partial charge in [0, 0.05) is 12.5 Å². The molecule has 0 spiro atoms. The van der Waals surface area contributed by atoms with Crippen LogP contribution in [0.25, 0.3) is 0 Å². The molecule has 0 amide bonds. The second-order valence-electron chi connectivity index (χ2n) is 2.92.